The normalized spacial score (nSPS) is 14.6. The van der Waals surface area contributed by atoms with Gasteiger partial charge in [-0.2, -0.15) is 0 Å². The molecular formula is C33H35ClN2O2. The molecule has 1 N–H and O–H groups in total. The maximum atomic E-state index is 12.1. The highest BCUT2D eigenvalue weighted by Crippen LogP contribution is 2.34. The van der Waals surface area contributed by atoms with Crippen molar-refractivity contribution in [2.45, 2.75) is 45.8 Å². The largest absolute Gasteiger partial charge is 0.489 e. The summed E-state index contributed by atoms with van der Waals surface area (Å²) in [6.07, 6.45) is 2.18. The maximum absolute atomic E-state index is 12.1. The van der Waals surface area contributed by atoms with Crippen LogP contribution in [0.5, 0.6) is 5.75 Å². The van der Waals surface area contributed by atoms with Crippen LogP contribution in [0, 0.1) is 5.92 Å². The fraction of sp³-hybridized carbons (Fsp3) is 0.303. The third kappa shape index (κ3) is 6.38. The molecule has 4 aromatic carbocycles. The second-order valence-corrected chi connectivity index (χ2v) is 10.9. The molecule has 38 heavy (non-hydrogen) atoms. The van der Waals surface area contributed by atoms with E-state index in [4.69, 9.17) is 16.3 Å². The van der Waals surface area contributed by atoms with Crippen molar-refractivity contribution < 1.29 is 9.53 Å². The molecule has 5 rings (SSSR count). The van der Waals surface area contributed by atoms with E-state index in [1.165, 1.54) is 21.9 Å². The van der Waals surface area contributed by atoms with Crippen LogP contribution in [0.1, 0.15) is 49.3 Å². The Bertz CT molecular complexity index is 1410. The fourth-order valence-corrected chi connectivity index (χ4v) is 5.42. The van der Waals surface area contributed by atoms with Gasteiger partial charge in [0.05, 0.1) is 0 Å². The number of piperidine rings is 1. The number of benzene rings is 4. The summed E-state index contributed by atoms with van der Waals surface area (Å²) in [5.41, 5.74) is 4.49. The van der Waals surface area contributed by atoms with Crippen LogP contribution >= 0.6 is 11.6 Å². The van der Waals surface area contributed by atoms with Crippen LogP contribution in [-0.2, 0) is 17.9 Å². The number of rotatable bonds is 8. The summed E-state index contributed by atoms with van der Waals surface area (Å²) in [4.78, 5) is 14.7. The molecule has 1 heterocycles. The predicted octanol–water partition coefficient (Wildman–Crippen LogP) is 8.05. The fourth-order valence-electron chi connectivity index (χ4n) is 5.21. The van der Waals surface area contributed by atoms with E-state index in [1.807, 2.05) is 44.2 Å². The Morgan fingerprint density at radius 1 is 0.974 bits per heavy atom. The molecule has 4 nitrogen and oxygen atoms in total. The van der Waals surface area contributed by atoms with Gasteiger partial charge in [-0.25, -0.2) is 0 Å². The lowest BCUT2D eigenvalue weighted by Crippen LogP contribution is -2.32. The molecule has 0 radical (unpaired) electrons. The molecular weight excluding hydrogens is 492 g/mol. The summed E-state index contributed by atoms with van der Waals surface area (Å²) in [5.74, 6) is 1.45. The molecule has 0 bridgehead atoms. The molecule has 1 fully saturated rings. The van der Waals surface area contributed by atoms with Crippen molar-refractivity contribution in [1.82, 2.24) is 4.90 Å². The van der Waals surface area contributed by atoms with Gasteiger partial charge in [-0.1, -0.05) is 80.0 Å². The van der Waals surface area contributed by atoms with Gasteiger partial charge >= 0.3 is 0 Å². The smallest absolute Gasteiger partial charge is 0.226 e. The Hall–Kier alpha value is -3.34. The Morgan fingerprint density at radius 3 is 2.55 bits per heavy atom. The van der Waals surface area contributed by atoms with E-state index in [0.29, 0.717) is 12.5 Å². The number of nitrogens with one attached hydrogen (secondary N) is 1. The maximum Gasteiger partial charge on any atom is 0.226 e. The molecule has 0 unspecified atom stereocenters. The molecule has 4 aromatic rings. The van der Waals surface area contributed by atoms with Gasteiger partial charge in [0, 0.05) is 28.7 Å². The molecule has 196 valence electrons. The minimum absolute atomic E-state index is 0.0321. The van der Waals surface area contributed by atoms with Gasteiger partial charge in [0.25, 0.3) is 0 Å². The molecule has 1 amide bonds. The summed E-state index contributed by atoms with van der Waals surface area (Å²) in [5, 5.41) is 6.24. The lowest BCUT2D eigenvalue weighted by molar-refractivity contribution is -0.118. The number of anilines is 1. The molecule has 5 heteroatoms. The first-order chi connectivity index (χ1) is 18.5. The highest BCUT2D eigenvalue weighted by Gasteiger charge is 2.23. The molecule has 0 saturated carbocycles. The number of nitrogens with zero attached hydrogens (tertiary/aromatic N) is 1. The molecule has 1 aliphatic heterocycles. The summed E-state index contributed by atoms with van der Waals surface area (Å²) >= 11 is 6.18. The summed E-state index contributed by atoms with van der Waals surface area (Å²) < 4.78 is 6.36. The number of carbonyl (C=O) groups excluding carboxylic acids is 1. The summed E-state index contributed by atoms with van der Waals surface area (Å²) in [6.45, 7) is 7.20. The van der Waals surface area contributed by atoms with Crippen molar-refractivity contribution >= 4 is 34.0 Å². The standard InChI is InChI=1S/C33H35ClN2O2/c1-23(2)33(37)35-29-11-6-9-27(20-29)25-15-17-36(18-16-25)21-31-30-12-4-3-8-26(30)13-14-32(31)38-22-24-7-5-10-28(34)19-24/h3-14,19-20,23,25H,15-18,21-22H2,1-2H3,(H,35,37). The first kappa shape index (κ1) is 26.3. The van der Waals surface area contributed by atoms with Gasteiger partial charge in [-0.15, -0.1) is 0 Å². The van der Waals surface area contributed by atoms with Gasteiger partial charge in [0.2, 0.25) is 5.91 Å². The van der Waals surface area contributed by atoms with Crippen LogP contribution in [0.15, 0.2) is 84.9 Å². The topological polar surface area (TPSA) is 41.6 Å². The minimum Gasteiger partial charge on any atom is -0.489 e. The average molecular weight is 527 g/mol. The zero-order valence-corrected chi connectivity index (χ0v) is 22.9. The number of ether oxygens (including phenoxy) is 1. The van der Waals surface area contributed by atoms with E-state index in [-0.39, 0.29) is 11.8 Å². The van der Waals surface area contributed by atoms with Crippen molar-refractivity contribution in [3.05, 3.63) is 107 Å². The van der Waals surface area contributed by atoms with Crippen LogP contribution in [0.4, 0.5) is 5.69 Å². The lowest BCUT2D eigenvalue weighted by Gasteiger charge is -2.33. The van der Waals surface area contributed by atoms with Crippen molar-refractivity contribution in [2.75, 3.05) is 18.4 Å². The zero-order valence-electron chi connectivity index (χ0n) is 22.1. The minimum atomic E-state index is -0.0321. The third-order valence-electron chi connectivity index (χ3n) is 7.40. The van der Waals surface area contributed by atoms with Gasteiger partial charge in [-0.3, -0.25) is 9.69 Å². The molecule has 0 atom stereocenters. The average Bonchev–Trinajstić information content (AvgIpc) is 2.93. The van der Waals surface area contributed by atoms with Crippen LogP contribution in [0.25, 0.3) is 10.8 Å². The second kappa shape index (κ2) is 12.0. The Balaban J connectivity index is 1.28. The van der Waals surface area contributed by atoms with Gasteiger partial charge in [0.15, 0.2) is 0 Å². The first-order valence-corrected chi connectivity index (χ1v) is 13.8. The number of carbonyl (C=O) groups is 1. The first-order valence-electron chi connectivity index (χ1n) is 13.5. The van der Waals surface area contributed by atoms with Gasteiger partial charge in [0.1, 0.15) is 12.4 Å². The Morgan fingerprint density at radius 2 is 1.76 bits per heavy atom. The quantitative estimate of drug-likeness (QED) is 0.252. The lowest BCUT2D eigenvalue weighted by atomic mass is 9.89. The van der Waals surface area contributed by atoms with Crippen molar-refractivity contribution in [3.63, 3.8) is 0 Å². The number of amides is 1. The third-order valence-corrected chi connectivity index (χ3v) is 7.64. The van der Waals surface area contributed by atoms with E-state index < -0.39 is 0 Å². The van der Waals surface area contributed by atoms with E-state index in [0.717, 1.165) is 54.5 Å². The number of likely N-dealkylation sites (tertiary alicyclic amines) is 1. The number of fused-ring (bicyclic) bond motifs is 1. The Labute approximate surface area is 230 Å². The van der Waals surface area contributed by atoms with Crippen LogP contribution in [0.3, 0.4) is 0 Å². The molecule has 0 aliphatic carbocycles. The highest BCUT2D eigenvalue weighted by atomic mass is 35.5. The van der Waals surface area contributed by atoms with Crippen LogP contribution in [-0.4, -0.2) is 23.9 Å². The Kier molecular flexibility index (Phi) is 8.31. The number of hydrogen-bond donors (Lipinski definition) is 1. The molecule has 1 saturated heterocycles. The SMILES string of the molecule is CC(C)C(=O)Nc1cccc(C2CCN(Cc3c(OCc4cccc(Cl)c4)ccc4ccccc34)CC2)c1. The van der Waals surface area contributed by atoms with Crippen molar-refractivity contribution in [1.29, 1.82) is 0 Å². The van der Waals surface area contributed by atoms with Gasteiger partial charge in [-0.05, 0) is 84.1 Å². The van der Waals surface area contributed by atoms with Gasteiger partial charge < -0.3 is 10.1 Å². The number of hydrogen-bond acceptors (Lipinski definition) is 3. The van der Waals surface area contributed by atoms with E-state index in [2.05, 4.69) is 64.8 Å². The zero-order chi connectivity index (χ0) is 26.5. The molecule has 1 aliphatic rings. The molecule has 0 spiro atoms. The van der Waals surface area contributed by atoms with E-state index in [1.54, 1.807) is 0 Å². The van der Waals surface area contributed by atoms with E-state index >= 15 is 0 Å². The van der Waals surface area contributed by atoms with Crippen molar-refractivity contribution in [2.24, 2.45) is 5.92 Å². The summed E-state index contributed by atoms with van der Waals surface area (Å²) in [6, 6.07) is 29.0. The monoisotopic (exact) mass is 526 g/mol. The molecule has 0 aromatic heterocycles. The number of halogens is 1. The second-order valence-electron chi connectivity index (χ2n) is 10.5. The predicted molar refractivity (Wildman–Crippen MR) is 157 cm³/mol. The highest BCUT2D eigenvalue weighted by molar-refractivity contribution is 6.30. The van der Waals surface area contributed by atoms with Crippen LogP contribution < -0.4 is 10.1 Å². The van der Waals surface area contributed by atoms with E-state index in [9.17, 15) is 4.79 Å². The van der Waals surface area contributed by atoms with Crippen molar-refractivity contribution in [3.8, 4) is 5.75 Å². The van der Waals surface area contributed by atoms with Crippen LogP contribution in [0.2, 0.25) is 5.02 Å². The summed E-state index contributed by atoms with van der Waals surface area (Å²) in [7, 11) is 0.